The van der Waals surface area contributed by atoms with Crippen molar-refractivity contribution in [2.24, 2.45) is 0 Å². The van der Waals surface area contributed by atoms with Crippen molar-refractivity contribution in [3.05, 3.63) is 65.7 Å². The Morgan fingerprint density at radius 1 is 1.22 bits per heavy atom. The first-order valence-corrected chi connectivity index (χ1v) is 6.99. The summed E-state index contributed by atoms with van der Waals surface area (Å²) in [7, 11) is 0. The van der Waals surface area contributed by atoms with Crippen molar-refractivity contribution < 1.29 is 23.4 Å². The van der Waals surface area contributed by atoms with E-state index in [1.54, 1.807) is 31.2 Å². The molecule has 1 atom stereocenters. The molecule has 2 aromatic carbocycles. The molecule has 0 aromatic heterocycles. The van der Waals surface area contributed by atoms with Gasteiger partial charge in [0.1, 0.15) is 11.4 Å². The molecular formula is C17H17F2NO3. The lowest BCUT2D eigenvalue weighted by Crippen LogP contribution is -2.38. The van der Waals surface area contributed by atoms with Crippen molar-refractivity contribution in [2.75, 3.05) is 6.54 Å². The lowest BCUT2D eigenvalue weighted by molar-refractivity contribution is -0.0498. The molecule has 2 aromatic rings. The van der Waals surface area contributed by atoms with Gasteiger partial charge in [0.05, 0.1) is 6.54 Å². The first-order chi connectivity index (χ1) is 10.9. The summed E-state index contributed by atoms with van der Waals surface area (Å²) in [5, 5.41) is 13.0. The lowest BCUT2D eigenvalue weighted by atomic mass is 9.96. The van der Waals surface area contributed by atoms with E-state index in [9.17, 15) is 18.7 Å². The SMILES string of the molecule is CC(O)(CNC(=O)c1cccc(OC(F)F)c1)c1ccccc1. The number of alkyl halides is 2. The predicted molar refractivity (Wildman–Crippen MR) is 81.4 cm³/mol. The van der Waals surface area contributed by atoms with Crippen LogP contribution in [0.2, 0.25) is 0 Å². The van der Waals surface area contributed by atoms with Gasteiger partial charge in [-0.25, -0.2) is 0 Å². The van der Waals surface area contributed by atoms with Gasteiger partial charge in [-0.15, -0.1) is 0 Å². The Balaban J connectivity index is 2.02. The number of aliphatic hydroxyl groups is 1. The van der Waals surface area contributed by atoms with Crippen LogP contribution in [-0.2, 0) is 5.60 Å². The first-order valence-electron chi connectivity index (χ1n) is 6.99. The fourth-order valence-corrected chi connectivity index (χ4v) is 2.07. The minimum absolute atomic E-state index is 0.0181. The van der Waals surface area contributed by atoms with E-state index in [-0.39, 0.29) is 17.9 Å². The third kappa shape index (κ3) is 4.75. The molecule has 0 fully saturated rings. The molecule has 0 spiro atoms. The molecule has 0 bridgehead atoms. The minimum atomic E-state index is -2.95. The van der Waals surface area contributed by atoms with Gasteiger partial charge in [-0.05, 0) is 30.7 Å². The first kappa shape index (κ1) is 16.9. The monoisotopic (exact) mass is 321 g/mol. The van der Waals surface area contributed by atoms with Crippen LogP contribution in [0, 0.1) is 0 Å². The van der Waals surface area contributed by atoms with Crippen LogP contribution in [0.1, 0.15) is 22.8 Å². The van der Waals surface area contributed by atoms with E-state index in [0.29, 0.717) is 5.56 Å². The Labute approximate surface area is 132 Å². The van der Waals surface area contributed by atoms with Crippen molar-refractivity contribution in [3.63, 3.8) is 0 Å². The highest BCUT2D eigenvalue weighted by Gasteiger charge is 2.23. The molecule has 0 saturated carbocycles. The van der Waals surface area contributed by atoms with Gasteiger partial charge >= 0.3 is 6.61 Å². The Bertz CT molecular complexity index is 660. The molecule has 1 unspecified atom stereocenters. The molecule has 2 N–H and O–H groups in total. The summed E-state index contributed by atoms with van der Waals surface area (Å²) in [6.07, 6.45) is 0. The quantitative estimate of drug-likeness (QED) is 0.860. The van der Waals surface area contributed by atoms with E-state index in [4.69, 9.17) is 0 Å². The van der Waals surface area contributed by atoms with Gasteiger partial charge in [0.15, 0.2) is 0 Å². The number of hydrogen-bond donors (Lipinski definition) is 2. The highest BCUT2D eigenvalue weighted by atomic mass is 19.3. The average Bonchev–Trinajstić information content (AvgIpc) is 2.53. The number of carbonyl (C=O) groups is 1. The summed E-state index contributed by atoms with van der Waals surface area (Å²) in [6.45, 7) is -1.39. The van der Waals surface area contributed by atoms with E-state index in [1.165, 1.54) is 24.3 Å². The van der Waals surface area contributed by atoms with Crippen LogP contribution in [-0.4, -0.2) is 24.2 Å². The maximum Gasteiger partial charge on any atom is 0.387 e. The maximum atomic E-state index is 12.2. The average molecular weight is 321 g/mol. The summed E-state index contributed by atoms with van der Waals surface area (Å²) in [6, 6.07) is 14.4. The van der Waals surface area contributed by atoms with E-state index >= 15 is 0 Å². The standard InChI is InChI=1S/C17H17F2NO3/c1-17(22,13-7-3-2-4-8-13)11-20-15(21)12-6-5-9-14(10-12)23-16(18)19/h2-10,16,22H,11H2,1H3,(H,20,21). The number of rotatable bonds is 6. The minimum Gasteiger partial charge on any atom is -0.435 e. The van der Waals surface area contributed by atoms with Crippen molar-refractivity contribution in [2.45, 2.75) is 19.1 Å². The molecule has 0 aliphatic rings. The summed E-state index contributed by atoms with van der Waals surface area (Å²) < 4.78 is 28.6. The van der Waals surface area contributed by atoms with E-state index in [2.05, 4.69) is 10.1 Å². The van der Waals surface area contributed by atoms with Crippen LogP contribution in [0.5, 0.6) is 5.75 Å². The molecule has 6 heteroatoms. The third-order valence-corrected chi connectivity index (χ3v) is 3.31. The Hall–Kier alpha value is -2.47. The van der Waals surface area contributed by atoms with Crippen molar-refractivity contribution in [3.8, 4) is 5.75 Å². The number of amides is 1. The van der Waals surface area contributed by atoms with Gasteiger partial charge in [-0.2, -0.15) is 8.78 Å². The third-order valence-electron chi connectivity index (χ3n) is 3.31. The molecule has 4 nitrogen and oxygen atoms in total. The van der Waals surface area contributed by atoms with E-state index in [1.807, 2.05) is 6.07 Å². The zero-order valence-corrected chi connectivity index (χ0v) is 12.5. The fourth-order valence-electron chi connectivity index (χ4n) is 2.07. The number of benzene rings is 2. The smallest absolute Gasteiger partial charge is 0.387 e. The molecule has 2 rings (SSSR count). The molecule has 0 aliphatic carbocycles. The number of nitrogens with one attached hydrogen (secondary N) is 1. The van der Waals surface area contributed by atoms with Crippen molar-refractivity contribution in [1.29, 1.82) is 0 Å². The topological polar surface area (TPSA) is 58.6 Å². The second-order valence-electron chi connectivity index (χ2n) is 5.23. The molecular weight excluding hydrogens is 304 g/mol. The predicted octanol–water partition coefficient (Wildman–Crippen LogP) is 2.93. The molecule has 122 valence electrons. The fraction of sp³-hybridized carbons (Fsp3) is 0.235. The van der Waals surface area contributed by atoms with Gasteiger partial charge in [0.2, 0.25) is 0 Å². The van der Waals surface area contributed by atoms with Gasteiger partial charge in [-0.3, -0.25) is 4.79 Å². The normalized spacial score (nSPS) is 13.4. The Morgan fingerprint density at radius 2 is 1.91 bits per heavy atom. The van der Waals surface area contributed by atoms with Crippen molar-refractivity contribution in [1.82, 2.24) is 5.32 Å². The number of ether oxygens (including phenoxy) is 1. The molecule has 0 saturated heterocycles. The summed E-state index contributed by atoms with van der Waals surface area (Å²) in [5.41, 5.74) is -0.407. The Kier molecular flexibility index (Phi) is 5.28. The van der Waals surface area contributed by atoms with Crippen LogP contribution in [0.3, 0.4) is 0 Å². The van der Waals surface area contributed by atoms with Crippen LogP contribution in [0.15, 0.2) is 54.6 Å². The van der Waals surface area contributed by atoms with Crippen LogP contribution >= 0.6 is 0 Å². The highest BCUT2D eigenvalue weighted by Crippen LogP contribution is 2.20. The van der Waals surface area contributed by atoms with Crippen LogP contribution in [0.4, 0.5) is 8.78 Å². The van der Waals surface area contributed by atoms with Crippen LogP contribution in [0.25, 0.3) is 0 Å². The second-order valence-corrected chi connectivity index (χ2v) is 5.23. The highest BCUT2D eigenvalue weighted by molar-refractivity contribution is 5.94. The van der Waals surface area contributed by atoms with Gasteiger partial charge in [0.25, 0.3) is 5.91 Å². The zero-order valence-electron chi connectivity index (χ0n) is 12.5. The second kappa shape index (κ2) is 7.19. The number of hydrogen-bond acceptors (Lipinski definition) is 3. The van der Waals surface area contributed by atoms with E-state index < -0.39 is 18.1 Å². The van der Waals surface area contributed by atoms with Gasteiger partial charge in [-0.1, -0.05) is 36.4 Å². The van der Waals surface area contributed by atoms with Crippen LogP contribution < -0.4 is 10.1 Å². The van der Waals surface area contributed by atoms with Crippen molar-refractivity contribution >= 4 is 5.91 Å². The van der Waals surface area contributed by atoms with Gasteiger partial charge in [0, 0.05) is 5.56 Å². The zero-order chi connectivity index (χ0) is 16.9. The summed E-state index contributed by atoms with van der Waals surface area (Å²) in [4.78, 5) is 12.1. The van der Waals surface area contributed by atoms with E-state index in [0.717, 1.165) is 0 Å². The molecule has 1 amide bonds. The molecule has 23 heavy (non-hydrogen) atoms. The lowest BCUT2D eigenvalue weighted by Gasteiger charge is -2.24. The van der Waals surface area contributed by atoms with Gasteiger partial charge < -0.3 is 15.2 Å². The summed E-state index contributed by atoms with van der Waals surface area (Å²) >= 11 is 0. The maximum absolute atomic E-state index is 12.2. The Morgan fingerprint density at radius 3 is 2.57 bits per heavy atom. The number of carbonyl (C=O) groups excluding carboxylic acids is 1. The largest absolute Gasteiger partial charge is 0.435 e. The molecule has 0 radical (unpaired) electrons. The molecule has 0 heterocycles. The number of halogens is 2. The molecule has 0 aliphatic heterocycles. The summed E-state index contributed by atoms with van der Waals surface area (Å²) in [5.74, 6) is -0.580.